The second-order valence-electron chi connectivity index (χ2n) is 3.69. The van der Waals surface area contributed by atoms with Crippen LogP contribution < -0.4 is 0 Å². The van der Waals surface area contributed by atoms with Crippen molar-refractivity contribution in [3.05, 3.63) is 0 Å². The van der Waals surface area contributed by atoms with Crippen molar-refractivity contribution in [1.29, 1.82) is 0 Å². The molecule has 0 atom stereocenters. The van der Waals surface area contributed by atoms with Crippen molar-refractivity contribution in [3.8, 4) is 0 Å². The molecule has 0 aromatic heterocycles. The van der Waals surface area contributed by atoms with Gasteiger partial charge in [0, 0.05) is 0 Å². The molecule has 0 fully saturated rings. The number of unbranched alkanes of at least 4 members (excludes halogenated alkanes) is 5. The summed E-state index contributed by atoms with van der Waals surface area (Å²) in [7, 11) is 0. The minimum absolute atomic E-state index is 0.175. The molecule has 15 heavy (non-hydrogen) atoms. The fraction of sp³-hybridized carbons (Fsp3) is 0.909. The molecule has 0 aromatic carbocycles. The number of ether oxygens (including phenoxy) is 1. The first-order valence-corrected chi connectivity index (χ1v) is 9.58. The first kappa shape index (κ1) is 15.1. The summed E-state index contributed by atoms with van der Waals surface area (Å²) in [5.41, 5.74) is 0. The van der Waals surface area contributed by atoms with Crippen molar-refractivity contribution >= 4 is 27.1 Å². The Labute approximate surface area is 103 Å². The van der Waals surface area contributed by atoms with Crippen LogP contribution in [0.4, 0.5) is 0 Å². The maximum atomic E-state index is 11.0. The third-order valence-electron chi connectivity index (χ3n) is 2.23. The normalized spacial score (nSPS) is 9.93. The van der Waals surface area contributed by atoms with Gasteiger partial charge in [0.15, 0.2) is 0 Å². The van der Waals surface area contributed by atoms with Gasteiger partial charge in [0.1, 0.15) is 0 Å². The van der Waals surface area contributed by atoms with Crippen molar-refractivity contribution in [2.75, 3.05) is 6.61 Å². The molecular formula is C11H22O3Sn. The first-order valence-electron chi connectivity index (χ1n) is 5.90. The zero-order valence-electron chi connectivity index (χ0n) is 9.67. The van der Waals surface area contributed by atoms with Gasteiger partial charge in [0.05, 0.1) is 0 Å². The zero-order chi connectivity index (χ0) is 11.4. The van der Waals surface area contributed by atoms with Gasteiger partial charge < -0.3 is 0 Å². The van der Waals surface area contributed by atoms with E-state index in [1.807, 2.05) is 0 Å². The molecule has 0 bridgehead atoms. The molecule has 88 valence electrons. The van der Waals surface area contributed by atoms with Crippen LogP contribution in [-0.2, 0) is 12.6 Å². The summed E-state index contributed by atoms with van der Waals surface area (Å²) in [6.45, 7) is 2.74. The first-order chi connectivity index (χ1) is 7.31. The second-order valence-corrected chi connectivity index (χ2v) is 6.29. The summed E-state index contributed by atoms with van der Waals surface area (Å²) < 4.78 is 15.9. The Hall–Kier alpha value is 0.0687. The molecule has 0 aromatic rings. The predicted molar refractivity (Wildman–Crippen MR) is 61.6 cm³/mol. The van der Waals surface area contributed by atoms with E-state index >= 15 is 0 Å². The molecule has 0 aliphatic rings. The van der Waals surface area contributed by atoms with Gasteiger partial charge in [-0.15, -0.1) is 0 Å². The summed E-state index contributed by atoms with van der Waals surface area (Å²) >= 11 is -1.60. The van der Waals surface area contributed by atoms with Crippen LogP contribution in [0.15, 0.2) is 0 Å². The molecule has 0 saturated heterocycles. The Balaban J connectivity index is 3.09. The van der Waals surface area contributed by atoms with E-state index in [0.717, 1.165) is 12.8 Å². The topological polar surface area (TPSA) is 43.4 Å². The fourth-order valence-corrected chi connectivity index (χ4v) is 2.33. The molecule has 0 heterocycles. The van der Waals surface area contributed by atoms with Crippen LogP contribution in [0.3, 0.4) is 0 Å². The summed E-state index contributed by atoms with van der Waals surface area (Å²) in [5.74, 6) is -0.175. The number of esters is 1. The Morgan fingerprint density at radius 2 is 1.80 bits per heavy atom. The molecule has 0 N–H and O–H groups in total. The number of hydrogen-bond acceptors (Lipinski definition) is 3. The van der Waals surface area contributed by atoms with E-state index in [2.05, 4.69) is 6.92 Å². The van der Waals surface area contributed by atoms with E-state index in [1.165, 1.54) is 25.7 Å². The SMILES string of the molecule is CCCCCCCCOC(=O)C[CH2][SnH]=[O]. The van der Waals surface area contributed by atoms with Gasteiger partial charge in [-0.3, -0.25) is 0 Å². The maximum absolute atomic E-state index is 11.0. The van der Waals surface area contributed by atoms with Crippen molar-refractivity contribution in [3.63, 3.8) is 0 Å². The van der Waals surface area contributed by atoms with E-state index in [0.29, 0.717) is 17.5 Å². The van der Waals surface area contributed by atoms with Crippen LogP contribution in [0.25, 0.3) is 0 Å². The summed E-state index contributed by atoms with van der Waals surface area (Å²) in [5, 5.41) is 0. The molecule has 0 rings (SSSR count). The standard InChI is InChI=1S/C11H21O2.O.Sn.H/c1-3-5-6-7-8-9-10-13-11(12)4-2;;;/h2-10H2,1H3;;;. The van der Waals surface area contributed by atoms with Crippen molar-refractivity contribution in [2.24, 2.45) is 0 Å². The molecule has 0 unspecified atom stereocenters. The quantitative estimate of drug-likeness (QED) is 0.353. The molecule has 0 aliphatic heterocycles. The predicted octanol–water partition coefficient (Wildman–Crippen LogP) is 2.48. The monoisotopic (exact) mass is 322 g/mol. The Bertz CT molecular complexity index is 171. The van der Waals surface area contributed by atoms with Gasteiger partial charge in [0.25, 0.3) is 0 Å². The number of rotatable bonds is 10. The molecule has 3 nitrogen and oxygen atoms in total. The summed E-state index contributed by atoms with van der Waals surface area (Å²) in [4.78, 5) is 11.0. The van der Waals surface area contributed by atoms with Gasteiger partial charge in [0.2, 0.25) is 0 Å². The summed E-state index contributed by atoms with van der Waals surface area (Å²) in [6.07, 6.45) is 7.56. The fourth-order valence-electron chi connectivity index (χ4n) is 1.32. The Morgan fingerprint density at radius 1 is 1.13 bits per heavy atom. The minimum atomic E-state index is -1.60. The third kappa shape index (κ3) is 12.0. The van der Waals surface area contributed by atoms with Crippen LogP contribution in [0.2, 0.25) is 4.44 Å². The van der Waals surface area contributed by atoms with Gasteiger partial charge >= 0.3 is 103 Å². The second kappa shape index (κ2) is 12.1. The van der Waals surface area contributed by atoms with Gasteiger partial charge in [-0.25, -0.2) is 0 Å². The van der Waals surface area contributed by atoms with Crippen LogP contribution in [0.1, 0.15) is 51.9 Å². The van der Waals surface area contributed by atoms with Crippen molar-refractivity contribution < 1.29 is 12.6 Å². The van der Waals surface area contributed by atoms with Gasteiger partial charge in [-0.1, -0.05) is 0 Å². The van der Waals surface area contributed by atoms with E-state index in [1.54, 1.807) is 0 Å². The van der Waals surface area contributed by atoms with Gasteiger partial charge in [-0.05, 0) is 0 Å². The molecule has 4 heteroatoms. The van der Waals surface area contributed by atoms with E-state index in [9.17, 15) is 7.87 Å². The molecular weight excluding hydrogens is 299 g/mol. The molecule has 0 radical (unpaired) electrons. The van der Waals surface area contributed by atoms with Crippen LogP contribution in [0.5, 0.6) is 0 Å². The number of carbonyl (C=O) groups excluding carboxylic acids is 1. The van der Waals surface area contributed by atoms with Gasteiger partial charge in [-0.2, -0.15) is 0 Å². The van der Waals surface area contributed by atoms with Crippen molar-refractivity contribution in [1.82, 2.24) is 0 Å². The molecule has 0 spiro atoms. The van der Waals surface area contributed by atoms with Crippen LogP contribution >= 0.6 is 0 Å². The summed E-state index contributed by atoms with van der Waals surface area (Å²) in [6, 6.07) is 0. The third-order valence-corrected chi connectivity index (χ3v) is 3.72. The molecule has 0 amide bonds. The molecule has 0 saturated carbocycles. The van der Waals surface area contributed by atoms with Crippen LogP contribution in [-0.4, -0.2) is 33.7 Å². The Kier molecular flexibility index (Phi) is 12.2. The van der Waals surface area contributed by atoms with E-state index in [-0.39, 0.29) is 5.97 Å². The van der Waals surface area contributed by atoms with E-state index < -0.39 is 21.1 Å². The Morgan fingerprint density at radius 3 is 2.47 bits per heavy atom. The average Bonchev–Trinajstić information content (AvgIpc) is 2.25. The zero-order valence-corrected chi connectivity index (χ0v) is 13.0. The molecule has 0 aliphatic carbocycles. The number of carbonyl (C=O) groups is 1. The number of hydrogen-bond donors (Lipinski definition) is 0. The average molecular weight is 321 g/mol. The van der Waals surface area contributed by atoms with E-state index in [4.69, 9.17) is 4.74 Å². The van der Waals surface area contributed by atoms with Crippen molar-refractivity contribution in [2.45, 2.75) is 56.3 Å². The van der Waals surface area contributed by atoms with Crippen LogP contribution in [0, 0.1) is 0 Å².